The number of hydrogen-bond acceptors (Lipinski definition) is 2. The Hall–Kier alpha value is -0.0800. The molecule has 1 heterocycles. The first-order chi connectivity index (χ1) is 8.13. The van der Waals surface area contributed by atoms with Gasteiger partial charge in [0.05, 0.1) is 0 Å². The fourth-order valence-corrected chi connectivity index (χ4v) is 2.68. The van der Waals surface area contributed by atoms with Gasteiger partial charge < -0.3 is 5.32 Å². The molecule has 0 aromatic heterocycles. The lowest BCUT2D eigenvalue weighted by Gasteiger charge is -2.37. The largest absolute Gasteiger partial charge is 0.315 e. The van der Waals surface area contributed by atoms with E-state index in [1.54, 1.807) is 0 Å². The zero-order valence-corrected chi connectivity index (χ0v) is 12.3. The van der Waals surface area contributed by atoms with Crippen molar-refractivity contribution in [3.63, 3.8) is 0 Å². The Balaban J connectivity index is 2.31. The molecule has 0 spiro atoms. The standard InChI is InChI=1S/C15H32N2/c1-5-6-15(12-16-11-13(2)3)17-9-7-14(4)8-10-17/h13-16H,5-12H2,1-4H3. The second-order valence-corrected chi connectivity index (χ2v) is 6.21. The summed E-state index contributed by atoms with van der Waals surface area (Å²) in [7, 11) is 0. The molecule has 0 amide bonds. The summed E-state index contributed by atoms with van der Waals surface area (Å²) in [6, 6.07) is 0.770. The van der Waals surface area contributed by atoms with Gasteiger partial charge in [0.15, 0.2) is 0 Å². The third kappa shape index (κ3) is 5.87. The Morgan fingerprint density at radius 1 is 1.18 bits per heavy atom. The highest BCUT2D eigenvalue weighted by atomic mass is 15.2. The van der Waals surface area contributed by atoms with E-state index in [0.29, 0.717) is 0 Å². The first-order valence-electron chi connectivity index (χ1n) is 7.58. The van der Waals surface area contributed by atoms with Gasteiger partial charge >= 0.3 is 0 Å². The average molecular weight is 240 g/mol. The van der Waals surface area contributed by atoms with Crippen molar-refractivity contribution >= 4 is 0 Å². The van der Waals surface area contributed by atoms with Crippen LogP contribution in [0.25, 0.3) is 0 Å². The van der Waals surface area contributed by atoms with Crippen molar-refractivity contribution < 1.29 is 0 Å². The first-order valence-corrected chi connectivity index (χ1v) is 7.58. The summed E-state index contributed by atoms with van der Waals surface area (Å²) in [4.78, 5) is 2.72. The summed E-state index contributed by atoms with van der Waals surface area (Å²) in [5.41, 5.74) is 0. The molecule has 2 heteroatoms. The van der Waals surface area contributed by atoms with Gasteiger partial charge in [0.25, 0.3) is 0 Å². The molecule has 1 aliphatic heterocycles. The van der Waals surface area contributed by atoms with Gasteiger partial charge in [0, 0.05) is 12.6 Å². The van der Waals surface area contributed by atoms with Crippen LogP contribution >= 0.6 is 0 Å². The maximum Gasteiger partial charge on any atom is 0.0220 e. The number of hydrogen-bond donors (Lipinski definition) is 1. The van der Waals surface area contributed by atoms with E-state index in [1.165, 1.54) is 45.3 Å². The molecule has 0 radical (unpaired) electrons. The first kappa shape index (κ1) is 15.0. The molecule has 1 saturated heterocycles. The molecule has 0 aliphatic carbocycles. The summed E-state index contributed by atoms with van der Waals surface area (Å²) in [6.07, 6.45) is 5.44. The second kappa shape index (κ2) is 8.10. The lowest BCUT2D eigenvalue weighted by atomic mass is 9.97. The quantitative estimate of drug-likeness (QED) is 0.735. The highest BCUT2D eigenvalue weighted by molar-refractivity contribution is 4.78. The Morgan fingerprint density at radius 2 is 1.82 bits per heavy atom. The van der Waals surface area contributed by atoms with Gasteiger partial charge in [-0.3, -0.25) is 4.90 Å². The summed E-state index contributed by atoms with van der Waals surface area (Å²) in [5.74, 6) is 1.70. The monoisotopic (exact) mass is 240 g/mol. The lowest BCUT2D eigenvalue weighted by Crippen LogP contribution is -2.46. The number of nitrogens with one attached hydrogen (secondary N) is 1. The second-order valence-electron chi connectivity index (χ2n) is 6.21. The number of nitrogens with zero attached hydrogens (tertiary/aromatic N) is 1. The molecule has 0 aromatic rings. The number of rotatable bonds is 7. The minimum atomic E-state index is 0.763. The molecule has 1 atom stereocenters. The van der Waals surface area contributed by atoms with E-state index in [2.05, 4.69) is 37.9 Å². The van der Waals surface area contributed by atoms with E-state index >= 15 is 0 Å². The molecule has 102 valence electrons. The van der Waals surface area contributed by atoms with Gasteiger partial charge in [-0.15, -0.1) is 0 Å². The van der Waals surface area contributed by atoms with E-state index in [4.69, 9.17) is 0 Å². The molecule has 1 fully saturated rings. The van der Waals surface area contributed by atoms with Gasteiger partial charge in [0.1, 0.15) is 0 Å². The van der Waals surface area contributed by atoms with Gasteiger partial charge in [-0.05, 0) is 50.7 Å². The fourth-order valence-electron chi connectivity index (χ4n) is 2.68. The maximum atomic E-state index is 3.64. The molecule has 0 aromatic carbocycles. The molecular weight excluding hydrogens is 208 g/mol. The van der Waals surface area contributed by atoms with E-state index in [0.717, 1.165) is 24.4 Å². The number of likely N-dealkylation sites (tertiary alicyclic amines) is 1. The van der Waals surface area contributed by atoms with Crippen LogP contribution in [0.15, 0.2) is 0 Å². The smallest absolute Gasteiger partial charge is 0.0220 e. The van der Waals surface area contributed by atoms with Crippen LogP contribution in [-0.4, -0.2) is 37.1 Å². The van der Waals surface area contributed by atoms with Crippen molar-refractivity contribution in [3.05, 3.63) is 0 Å². The predicted octanol–water partition coefficient (Wildman–Crippen LogP) is 3.13. The van der Waals surface area contributed by atoms with Crippen LogP contribution in [0.1, 0.15) is 53.4 Å². The Kier molecular flexibility index (Phi) is 7.14. The molecule has 0 saturated carbocycles. The van der Waals surface area contributed by atoms with Gasteiger partial charge in [-0.1, -0.05) is 34.1 Å². The maximum absolute atomic E-state index is 3.64. The zero-order valence-electron chi connectivity index (χ0n) is 12.3. The van der Waals surface area contributed by atoms with Crippen LogP contribution in [0.4, 0.5) is 0 Å². The molecule has 1 aliphatic rings. The van der Waals surface area contributed by atoms with Gasteiger partial charge in [-0.25, -0.2) is 0 Å². The summed E-state index contributed by atoms with van der Waals surface area (Å²) < 4.78 is 0. The van der Waals surface area contributed by atoms with Crippen LogP contribution in [-0.2, 0) is 0 Å². The minimum Gasteiger partial charge on any atom is -0.315 e. The SMILES string of the molecule is CCCC(CNCC(C)C)N1CCC(C)CC1. The highest BCUT2D eigenvalue weighted by Crippen LogP contribution is 2.19. The van der Waals surface area contributed by atoms with Gasteiger partial charge in [-0.2, -0.15) is 0 Å². The fraction of sp³-hybridized carbons (Fsp3) is 1.00. The lowest BCUT2D eigenvalue weighted by molar-refractivity contribution is 0.128. The minimum absolute atomic E-state index is 0.763. The Bertz CT molecular complexity index is 183. The summed E-state index contributed by atoms with van der Waals surface area (Å²) in [5, 5.41) is 3.64. The topological polar surface area (TPSA) is 15.3 Å². The van der Waals surface area contributed by atoms with E-state index in [9.17, 15) is 0 Å². The third-order valence-electron chi connectivity index (χ3n) is 3.89. The average Bonchev–Trinajstić information content (AvgIpc) is 2.29. The van der Waals surface area contributed by atoms with Crippen molar-refractivity contribution in [2.45, 2.75) is 59.4 Å². The van der Waals surface area contributed by atoms with Crippen molar-refractivity contribution in [2.75, 3.05) is 26.2 Å². The van der Waals surface area contributed by atoms with Crippen molar-refractivity contribution in [1.29, 1.82) is 0 Å². The van der Waals surface area contributed by atoms with E-state index in [-0.39, 0.29) is 0 Å². The van der Waals surface area contributed by atoms with Crippen molar-refractivity contribution in [2.24, 2.45) is 11.8 Å². The third-order valence-corrected chi connectivity index (χ3v) is 3.89. The van der Waals surface area contributed by atoms with E-state index in [1.807, 2.05) is 0 Å². The summed E-state index contributed by atoms with van der Waals surface area (Å²) in [6.45, 7) is 14.2. The normalized spacial score (nSPS) is 21.0. The van der Waals surface area contributed by atoms with E-state index < -0.39 is 0 Å². The molecule has 17 heavy (non-hydrogen) atoms. The van der Waals surface area contributed by atoms with Crippen molar-refractivity contribution in [1.82, 2.24) is 10.2 Å². The molecule has 2 nitrogen and oxygen atoms in total. The number of piperidine rings is 1. The van der Waals surface area contributed by atoms with Crippen LogP contribution in [0.3, 0.4) is 0 Å². The predicted molar refractivity (Wildman–Crippen MR) is 76.4 cm³/mol. The highest BCUT2D eigenvalue weighted by Gasteiger charge is 2.22. The molecule has 1 unspecified atom stereocenters. The molecular formula is C15H32N2. The van der Waals surface area contributed by atoms with Crippen LogP contribution in [0.5, 0.6) is 0 Å². The van der Waals surface area contributed by atoms with Gasteiger partial charge in [0.2, 0.25) is 0 Å². The molecule has 0 bridgehead atoms. The van der Waals surface area contributed by atoms with Crippen LogP contribution in [0.2, 0.25) is 0 Å². The van der Waals surface area contributed by atoms with Crippen LogP contribution < -0.4 is 5.32 Å². The Morgan fingerprint density at radius 3 is 2.35 bits per heavy atom. The Labute approximate surface area is 108 Å². The molecule has 1 rings (SSSR count). The van der Waals surface area contributed by atoms with Crippen LogP contribution in [0, 0.1) is 11.8 Å². The van der Waals surface area contributed by atoms with Crippen molar-refractivity contribution in [3.8, 4) is 0 Å². The zero-order chi connectivity index (χ0) is 12.7. The summed E-state index contributed by atoms with van der Waals surface area (Å²) >= 11 is 0. The molecule has 1 N–H and O–H groups in total.